The van der Waals surface area contributed by atoms with Crippen molar-refractivity contribution in [2.75, 3.05) is 0 Å². The number of fused-ring (bicyclic) bond motifs is 6. The fraction of sp³-hybridized carbons (Fsp3) is 0.368. The Morgan fingerprint density at radius 3 is 1.30 bits per heavy atom. The third-order valence-electron chi connectivity index (χ3n) is 6.77. The minimum absolute atomic E-state index is 1.09. The van der Waals surface area contributed by atoms with Crippen LogP contribution < -0.4 is 0 Å². The van der Waals surface area contributed by atoms with Gasteiger partial charge in [-0.1, -0.05) is 124 Å². The molecular weight excluding hydrogens is 484 g/mol. The van der Waals surface area contributed by atoms with E-state index in [0.29, 0.717) is 0 Å². The van der Waals surface area contributed by atoms with Crippen molar-refractivity contribution in [2.24, 2.45) is 14.1 Å². The zero-order valence-corrected chi connectivity index (χ0v) is 27.4. The predicted octanol–water partition coefficient (Wildman–Crippen LogP) is 11.9. The topological polar surface area (TPSA) is 9.86 Å². The molecule has 0 bridgehead atoms. The first-order chi connectivity index (χ1) is 19.6. The van der Waals surface area contributed by atoms with Gasteiger partial charge < -0.3 is 9.13 Å². The summed E-state index contributed by atoms with van der Waals surface area (Å²) in [5.41, 5.74) is 8.08. The summed E-state index contributed by atoms with van der Waals surface area (Å²) in [6.07, 6.45) is 2.19. The Hall–Kier alpha value is -3.52. The minimum Gasteiger partial charge on any atom is -0.344 e. The number of rotatable bonds is 2. The van der Waals surface area contributed by atoms with Crippen LogP contribution in [0.2, 0.25) is 0 Å². The SMILES string of the molecule is CC.CC.CC.CC.CCc1ccc2c(c1)c1ccccc1n2C.CCc1ccc2c3ccccc3n(C)c2c1. The van der Waals surface area contributed by atoms with E-state index in [2.05, 4.69) is 122 Å². The van der Waals surface area contributed by atoms with Gasteiger partial charge >= 0.3 is 0 Å². The Labute approximate surface area is 244 Å². The molecule has 4 aromatic carbocycles. The van der Waals surface area contributed by atoms with E-state index >= 15 is 0 Å². The summed E-state index contributed by atoms with van der Waals surface area (Å²) < 4.78 is 4.55. The van der Waals surface area contributed by atoms with Crippen molar-refractivity contribution in [1.29, 1.82) is 0 Å². The van der Waals surface area contributed by atoms with E-state index in [0.717, 1.165) is 12.8 Å². The lowest BCUT2D eigenvalue weighted by Gasteiger charge is -1.99. The standard InChI is InChI=1S/2C15H15N.4C2H6/c1-3-11-8-9-15-13(10-11)12-6-4-5-7-14(12)16(15)2;1-3-11-8-9-13-12-6-4-5-7-14(12)16(2)15(13)10-11;4*1-2/h2*4-10H,3H2,1-2H3;4*1-2H3. The van der Waals surface area contributed by atoms with Gasteiger partial charge in [0.05, 0.1) is 0 Å². The second-order valence-corrected chi connectivity index (χ2v) is 8.56. The number of hydrogen-bond donors (Lipinski definition) is 0. The number of aromatic nitrogens is 2. The molecule has 2 heterocycles. The van der Waals surface area contributed by atoms with Crippen LogP contribution in [-0.4, -0.2) is 9.13 Å². The maximum absolute atomic E-state index is 2.32. The molecule has 40 heavy (non-hydrogen) atoms. The van der Waals surface area contributed by atoms with Gasteiger partial charge in [-0.25, -0.2) is 0 Å². The molecule has 0 N–H and O–H groups in total. The Morgan fingerprint density at radius 1 is 0.400 bits per heavy atom. The number of nitrogens with zero attached hydrogens (tertiary/aromatic N) is 2. The summed E-state index contributed by atoms with van der Waals surface area (Å²) in [5.74, 6) is 0. The summed E-state index contributed by atoms with van der Waals surface area (Å²) in [4.78, 5) is 0. The molecule has 0 fully saturated rings. The van der Waals surface area contributed by atoms with Crippen LogP contribution in [0.3, 0.4) is 0 Å². The highest BCUT2D eigenvalue weighted by atomic mass is 14.9. The van der Waals surface area contributed by atoms with E-state index in [1.54, 1.807) is 0 Å². The van der Waals surface area contributed by atoms with Gasteiger partial charge in [0.15, 0.2) is 0 Å². The molecular formula is C38H54N2. The van der Waals surface area contributed by atoms with E-state index in [1.807, 2.05) is 55.4 Å². The van der Waals surface area contributed by atoms with Gasteiger partial charge in [-0.3, -0.25) is 0 Å². The molecule has 0 radical (unpaired) electrons. The highest BCUT2D eigenvalue weighted by molar-refractivity contribution is 6.09. The van der Waals surface area contributed by atoms with Crippen LogP contribution in [0.4, 0.5) is 0 Å². The zero-order chi connectivity index (χ0) is 30.2. The third-order valence-corrected chi connectivity index (χ3v) is 6.77. The zero-order valence-electron chi connectivity index (χ0n) is 27.4. The maximum Gasteiger partial charge on any atom is 0.0491 e. The molecule has 2 heteroatoms. The number of aryl methyl sites for hydroxylation is 4. The van der Waals surface area contributed by atoms with E-state index in [-0.39, 0.29) is 0 Å². The van der Waals surface area contributed by atoms with Crippen LogP contribution in [0.1, 0.15) is 80.4 Å². The summed E-state index contributed by atoms with van der Waals surface area (Å²) in [5, 5.41) is 5.44. The van der Waals surface area contributed by atoms with Gasteiger partial charge in [-0.15, -0.1) is 0 Å². The molecule has 0 unspecified atom stereocenters. The van der Waals surface area contributed by atoms with E-state index in [4.69, 9.17) is 0 Å². The van der Waals surface area contributed by atoms with Crippen molar-refractivity contribution in [3.8, 4) is 0 Å². The average Bonchev–Trinajstić information content (AvgIpc) is 3.51. The molecule has 2 aromatic heterocycles. The average molecular weight is 539 g/mol. The first-order valence-corrected chi connectivity index (χ1v) is 15.5. The fourth-order valence-electron chi connectivity index (χ4n) is 4.86. The lowest BCUT2D eigenvalue weighted by molar-refractivity contribution is 1.01. The predicted molar refractivity (Wildman–Crippen MR) is 185 cm³/mol. The number of benzene rings is 4. The lowest BCUT2D eigenvalue weighted by Crippen LogP contribution is -1.87. The number of para-hydroxylation sites is 2. The van der Waals surface area contributed by atoms with Crippen molar-refractivity contribution >= 4 is 43.6 Å². The van der Waals surface area contributed by atoms with Crippen LogP contribution in [0.5, 0.6) is 0 Å². The molecule has 0 aliphatic heterocycles. The van der Waals surface area contributed by atoms with Gasteiger partial charge in [0, 0.05) is 57.7 Å². The molecule has 0 aliphatic rings. The molecule has 6 aromatic rings. The van der Waals surface area contributed by atoms with Crippen molar-refractivity contribution in [3.05, 3.63) is 96.1 Å². The van der Waals surface area contributed by atoms with Crippen molar-refractivity contribution in [3.63, 3.8) is 0 Å². The molecule has 0 saturated carbocycles. The lowest BCUT2D eigenvalue weighted by atomic mass is 10.1. The van der Waals surface area contributed by atoms with Crippen molar-refractivity contribution in [2.45, 2.75) is 82.1 Å². The highest BCUT2D eigenvalue weighted by Gasteiger charge is 2.08. The summed E-state index contributed by atoms with van der Waals surface area (Å²) in [6.45, 7) is 20.4. The normalized spacial score (nSPS) is 9.70. The summed E-state index contributed by atoms with van der Waals surface area (Å²) in [6, 6.07) is 30.7. The summed E-state index contributed by atoms with van der Waals surface area (Å²) >= 11 is 0. The van der Waals surface area contributed by atoms with Crippen LogP contribution in [0, 0.1) is 0 Å². The van der Waals surface area contributed by atoms with Gasteiger partial charge in [0.2, 0.25) is 0 Å². The Kier molecular flexibility index (Phi) is 15.5. The fourth-order valence-corrected chi connectivity index (χ4v) is 4.86. The van der Waals surface area contributed by atoms with Crippen LogP contribution >= 0.6 is 0 Å². The quantitative estimate of drug-likeness (QED) is 0.207. The molecule has 0 aliphatic carbocycles. The molecule has 0 atom stereocenters. The van der Waals surface area contributed by atoms with Gasteiger partial charge in [0.1, 0.15) is 0 Å². The van der Waals surface area contributed by atoms with Gasteiger partial charge in [-0.05, 0) is 54.3 Å². The largest absolute Gasteiger partial charge is 0.344 e. The molecule has 0 spiro atoms. The smallest absolute Gasteiger partial charge is 0.0491 e. The van der Waals surface area contributed by atoms with Crippen molar-refractivity contribution in [1.82, 2.24) is 9.13 Å². The van der Waals surface area contributed by atoms with Gasteiger partial charge in [0.25, 0.3) is 0 Å². The van der Waals surface area contributed by atoms with E-state index < -0.39 is 0 Å². The van der Waals surface area contributed by atoms with Crippen LogP contribution in [0.25, 0.3) is 43.6 Å². The highest BCUT2D eigenvalue weighted by Crippen LogP contribution is 2.29. The monoisotopic (exact) mass is 538 g/mol. The molecule has 0 saturated heterocycles. The first-order valence-electron chi connectivity index (χ1n) is 15.5. The minimum atomic E-state index is 1.09. The van der Waals surface area contributed by atoms with E-state index in [9.17, 15) is 0 Å². The Balaban J connectivity index is 0.000000321. The van der Waals surface area contributed by atoms with Crippen LogP contribution in [0.15, 0.2) is 84.9 Å². The summed E-state index contributed by atoms with van der Waals surface area (Å²) in [7, 11) is 4.28. The number of hydrogen-bond acceptors (Lipinski definition) is 0. The Morgan fingerprint density at radius 2 is 0.775 bits per heavy atom. The molecule has 0 amide bonds. The molecule has 2 nitrogen and oxygen atoms in total. The van der Waals surface area contributed by atoms with Gasteiger partial charge in [-0.2, -0.15) is 0 Å². The second-order valence-electron chi connectivity index (χ2n) is 8.56. The first kappa shape index (κ1) is 34.5. The third kappa shape index (κ3) is 7.36. The Bertz CT molecular complexity index is 1560. The maximum atomic E-state index is 2.32. The molecule has 216 valence electrons. The van der Waals surface area contributed by atoms with E-state index in [1.165, 1.54) is 54.7 Å². The van der Waals surface area contributed by atoms with Crippen molar-refractivity contribution < 1.29 is 0 Å². The second kappa shape index (κ2) is 17.9. The van der Waals surface area contributed by atoms with Crippen LogP contribution in [-0.2, 0) is 26.9 Å². The molecule has 6 rings (SSSR count).